The van der Waals surface area contributed by atoms with Crippen molar-refractivity contribution in [1.29, 1.82) is 0 Å². The molecule has 0 aromatic heterocycles. The quantitative estimate of drug-likeness (QED) is 0.740. The van der Waals surface area contributed by atoms with E-state index in [1.54, 1.807) is 6.08 Å². The Balaban J connectivity index is 2.46. The molecule has 1 saturated heterocycles. The van der Waals surface area contributed by atoms with Crippen LogP contribution in [-0.4, -0.2) is 29.1 Å². The normalized spacial score (nSPS) is 28.4. The highest BCUT2D eigenvalue weighted by Crippen LogP contribution is 2.29. The molecule has 1 aliphatic rings. The van der Waals surface area contributed by atoms with Crippen LogP contribution in [0.1, 0.15) is 33.6 Å². The topological polar surface area (TPSA) is 55.8 Å². The van der Waals surface area contributed by atoms with Crippen LogP contribution >= 0.6 is 0 Å². The fraction of sp³-hybridized carbons (Fsp3) is 0.643. The van der Waals surface area contributed by atoms with Crippen LogP contribution < -0.4 is 0 Å². The summed E-state index contributed by atoms with van der Waals surface area (Å²) in [5.41, 5.74) is 0. The minimum absolute atomic E-state index is 0.122. The smallest absolute Gasteiger partial charge is 0.303 e. The van der Waals surface area contributed by atoms with Crippen molar-refractivity contribution in [3.05, 3.63) is 24.8 Å². The SMILES string of the molecule is C=C[C@@H]1OC(C)(C)O[C@H]1/C=C/CC(C)CC(=O)O. The Morgan fingerprint density at radius 3 is 2.61 bits per heavy atom. The van der Waals surface area contributed by atoms with Crippen molar-refractivity contribution >= 4 is 5.97 Å². The van der Waals surface area contributed by atoms with E-state index in [0.29, 0.717) is 0 Å². The lowest BCUT2D eigenvalue weighted by atomic mass is 10.0. The molecule has 0 radical (unpaired) electrons. The second-order valence-electron chi connectivity index (χ2n) is 5.17. The van der Waals surface area contributed by atoms with Crippen molar-refractivity contribution in [2.45, 2.75) is 51.6 Å². The molecule has 0 saturated carbocycles. The maximum absolute atomic E-state index is 10.5. The Morgan fingerprint density at radius 1 is 1.44 bits per heavy atom. The first-order valence-corrected chi connectivity index (χ1v) is 6.20. The number of carboxylic acids is 1. The molecule has 18 heavy (non-hydrogen) atoms. The predicted octanol–water partition coefficient (Wildman–Crippen LogP) is 2.75. The maximum Gasteiger partial charge on any atom is 0.303 e. The second-order valence-corrected chi connectivity index (χ2v) is 5.17. The van der Waals surface area contributed by atoms with Crippen molar-refractivity contribution in [2.24, 2.45) is 5.92 Å². The van der Waals surface area contributed by atoms with Crippen molar-refractivity contribution in [1.82, 2.24) is 0 Å². The Morgan fingerprint density at radius 2 is 2.06 bits per heavy atom. The standard InChI is InChI=1S/C14H22O4/c1-5-11-12(18-14(3,4)17-11)8-6-7-10(2)9-13(15)16/h5-6,8,10-12H,1,7,9H2,2-4H3,(H,15,16)/b8-6+/t10?,11-,12-/m0/s1. The van der Waals surface area contributed by atoms with Gasteiger partial charge in [-0.15, -0.1) is 6.58 Å². The van der Waals surface area contributed by atoms with Gasteiger partial charge in [-0.1, -0.05) is 25.2 Å². The van der Waals surface area contributed by atoms with Gasteiger partial charge in [-0.2, -0.15) is 0 Å². The summed E-state index contributed by atoms with van der Waals surface area (Å²) < 4.78 is 11.4. The van der Waals surface area contributed by atoms with Gasteiger partial charge in [-0.25, -0.2) is 0 Å². The maximum atomic E-state index is 10.5. The molecule has 3 atom stereocenters. The highest BCUT2D eigenvalue weighted by Gasteiger charge is 2.38. The van der Waals surface area contributed by atoms with E-state index < -0.39 is 11.8 Å². The molecule has 0 aliphatic carbocycles. The van der Waals surface area contributed by atoms with Crippen LogP contribution in [0.15, 0.2) is 24.8 Å². The van der Waals surface area contributed by atoms with Crippen LogP contribution in [0.2, 0.25) is 0 Å². The third kappa shape index (κ3) is 4.63. The zero-order valence-electron chi connectivity index (χ0n) is 11.3. The van der Waals surface area contributed by atoms with Gasteiger partial charge in [-0.05, 0) is 26.2 Å². The molecular formula is C14H22O4. The van der Waals surface area contributed by atoms with E-state index >= 15 is 0 Å². The molecule has 102 valence electrons. The predicted molar refractivity (Wildman–Crippen MR) is 69.2 cm³/mol. The van der Waals surface area contributed by atoms with Gasteiger partial charge in [0.05, 0.1) is 0 Å². The summed E-state index contributed by atoms with van der Waals surface area (Å²) >= 11 is 0. The molecule has 1 aliphatic heterocycles. The summed E-state index contributed by atoms with van der Waals surface area (Å²) in [7, 11) is 0. The van der Waals surface area contributed by atoms with Crippen molar-refractivity contribution in [2.75, 3.05) is 0 Å². The molecule has 1 rings (SSSR count). The van der Waals surface area contributed by atoms with Crippen molar-refractivity contribution in [3.8, 4) is 0 Å². The molecule has 0 aromatic carbocycles. The molecular weight excluding hydrogens is 232 g/mol. The van der Waals surface area contributed by atoms with E-state index in [0.717, 1.165) is 6.42 Å². The zero-order chi connectivity index (χ0) is 13.8. The van der Waals surface area contributed by atoms with E-state index in [2.05, 4.69) is 6.58 Å². The summed E-state index contributed by atoms with van der Waals surface area (Å²) in [6.45, 7) is 9.37. The zero-order valence-corrected chi connectivity index (χ0v) is 11.3. The van der Waals surface area contributed by atoms with E-state index in [9.17, 15) is 4.79 Å². The van der Waals surface area contributed by atoms with Crippen molar-refractivity contribution in [3.63, 3.8) is 0 Å². The van der Waals surface area contributed by atoms with Gasteiger partial charge in [0.15, 0.2) is 5.79 Å². The van der Waals surface area contributed by atoms with Crippen molar-refractivity contribution < 1.29 is 19.4 Å². The van der Waals surface area contributed by atoms with E-state index in [-0.39, 0.29) is 24.5 Å². The van der Waals surface area contributed by atoms with Crippen LogP contribution in [0.5, 0.6) is 0 Å². The summed E-state index contributed by atoms with van der Waals surface area (Å²) in [4.78, 5) is 10.5. The van der Waals surface area contributed by atoms with E-state index in [1.807, 2.05) is 32.9 Å². The largest absolute Gasteiger partial charge is 0.481 e. The molecule has 1 N–H and O–H groups in total. The molecule has 4 heteroatoms. The number of carboxylic acid groups (broad SMARTS) is 1. The number of ether oxygens (including phenoxy) is 2. The lowest BCUT2D eigenvalue weighted by molar-refractivity contribution is -0.139. The Hall–Kier alpha value is -1.13. The minimum atomic E-state index is -0.763. The van der Waals surface area contributed by atoms with Gasteiger partial charge in [0.25, 0.3) is 0 Å². The first-order valence-electron chi connectivity index (χ1n) is 6.20. The van der Waals surface area contributed by atoms with Gasteiger partial charge < -0.3 is 14.6 Å². The summed E-state index contributed by atoms with van der Waals surface area (Å²) in [5.74, 6) is -1.24. The second kappa shape index (κ2) is 6.16. The van der Waals surface area contributed by atoms with Gasteiger partial charge in [0, 0.05) is 6.42 Å². The molecule has 0 bridgehead atoms. The number of allylic oxidation sites excluding steroid dienone is 1. The minimum Gasteiger partial charge on any atom is -0.481 e. The molecule has 0 aromatic rings. The fourth-order valence-electron chi connectivity index (χ4n) is 1.97. The van der Waals surface area contributed by atoms with E-state index in [1.165, 1.54) is 0 Å². The van der Waals surface area contributed by atoms with Crippen LogP contribution in [0.25, 0.3) is 0 Å². The van der Waals surface area contributed by atoms with E-state index in [4.69, 9.17) is 14.6 Å². The highest BCUT2D eigenvalue weighted by molar-refractivity contribution is 5.66. The molecule has 4 nitrogen and oxygen atoms in total. The lowest BCUT2D eigenvalue weighted by Gasteiger charge is -2.15. The Kier molecular flexibility index (Phi) is 5.11. The van der Waals surface area contributed by atoms with Crippen LogP contribution in [0.3, 0.4) is 0 Å². The van der Waals surface area contributed by atoms with Crippen LogP contribution in [0.4, 0.5) is 0 Å². The Labute approximate surface area is 108 Å². The monoisotopic (exact) mass is 254 g/mol. The lowest BCUT2D eigenvalue weighted by Crippen LogP contribution is -2.20. The van der Waals surface area contributed by atoms with Gasteiger partial charge in [0.2, 0.25) is 0 Å². The molecule has 1 fully saturated rings. The molecule has 1 unspecified atom stereocenters. The van der Waals surface area contributed by atoms with Gasteiger partial charge in [-0.3, -0.25) is 4.79 Å². The Bertz CT molecular complexity index is 333. The number of hydrogen-bond acceptors (Lipinski definition) is 3. The first kappa shape index (κ1) is 14.9. The third-order valence-electron chi connectivity index (χ3n) is 2.78. The summed E-state index contributed by atoms with van der Waals surface area (Å²) in [6, 6.07) is 0. The van der Waals surface area contributed by atoms with Crippen LogP contribution in [-0.2, 0) is 14.3 Å². The first-order chi connectivity index (χ1) is 8.34. The average molecular weight is 254 g/mol. The number of hydrogen-bond donors (Lipinski definition) is 1. The summed E-state index contributed by atoms with van der Waals surface area (Å²) in [5, 5.41) is 8.66. The molecule has 0 spiro atoms. The average Bonchev–Trinajstić information content (AvgIpc) is 2.52. The number of rotatable bonds is 6. The summed E-state index contributed by atoms with van der Waals surface area (Å²) in [6.07, 6.45) is 6.23. The van der Waals surface area contributed by atoms with Gasteiger partial charge in [0.1, 0.15) is 12.2 Å². The molecule has 1 heterocycles. The highest BCUT2D eigenvalue weighted by atomic mass is 16.7. The third-order valence-corrected chi connectivity index (χ3v) is 2.78. The molecule has 0 amide bonds. The number of carbonyl (C=O) groups is 1. The number of aliphatic carboxylic acids is 1. The van der Waals surface area contributed by atoms with Crippen LogP contribution in [0, 0.1) is 5.92 Å². The van der Waals surface area contributed by atoms with Gasteiger partial charge >= 0.3 is 5.97 Å². The fourth-order valence-corrected chi connectivity index (χ4v) is 1.97.